The van der Waals surface area contributed by atoms with Gasteiger partial charge >= 0.3 is 0 Å². The number of nitrogens with two attached hydrogens (primary N) is 1. The predicted molar refractivity (Wildman–Crippen MR) is 79.3 cm³/mol. The third-order valence-electron chi connectivity index (χ3n) is 5.79. The first-order chi connectivity index (χ1) is 9.23. The summed E-state index contributed by atoms with van der Waals surface area (Å²) in [5.74, 6) is 0. The quantitative estimate of drug-likeness (QED) is 0.810. The highest BCUT2D eigenvalue weighted by molar-refractivity contribution is 5.00. The van der Waals surface area contributed by atoms with E-state index < -0.39 is 0 Å². The second kappa shape index (κ2) is 5.68. The lowest BCUT2D eigenvalue weighted by Crippen LogP contribution is -2.58. The van der Waals surface area contributed by atoms with Crippen molar-refractivity contribution in [3.05, 3.63) is 0 Å². The Morgan fingerprint density at radius 1 is 1.05 bits per heavy atom. The summed E-state index contributed by atoms with van der Waals surface area (Å²) < 4.78 is 0. The van der Waals surface area contributed by atoms with Gasteiger partial charge in [0.1, 0.15) is 0 Å². The van der Waals surface area contributed by atoms with Gasteiger partial charge in [0.2, 0.25) is 0 Å². The maximum absolute atomic E-state index is 6.19. The zero-order valence-electron chi connectivity index (χ0n) is 12.5. The third kappa shape index (κ3) is 2.68. The SMILES string of the molecule is CN1CCC(CN)(N2CCC(N3CCCC3)C2)CC1. The Kier molecular flexibility index (Phi) is 4.13. The van der Waals surface area contributed by atoms with E-state index in [4.69, 9.17) is 5.73 Å². The van der Waals surface area contributed by atoms with Crippen molar-refractivity contribution in [3.63, 3.8) is 0 Å². The molecule has 3 aliphatic rings. The van der Waals surface area contributed by atoms with E-state index in [1.807, 2.05) is 0 Å². The molecule has 0 radical (unpaired) electrons. The lowest BCUT2D eigenvalue weighted by Gasteiger charge is -2.46. The number of hydrogen-bond acceptors (Lipinski definition) is 4. The van der Waals surface area contributed by atoms with Crippen LogP contribution in [0.2, 0.25) is 0 Å². The van der Waals surface area contributed by atoms with E-state index in [9.17, 15) is 0 Å². The van der Waals surface area contributed by atoms with E-state index in [1.54, 1.807) is 0 Å². The molecule has 110 valence electrons. The van der Waals surface area contributed by atoms with Gasteiger partial charge in [-0.05, 0) is 65.3 Å². The molecular formula is C15H30N4. The van der Waals surface area contributed by atoms with Crippen molar-refractivity contribution in [1.82, 2.24) is 14.7 Å². The molecule has 0 bridgehead atoms. The van der Waals surface area contributed by atoms with Gasteiger partial charge in [-0.15, -0.1) is 0 Å². The van der Waals surface area contributed by atoms with Crippen LogP contribution in [0.4, 0.5) is 0 Å². The minimum Gasteiger partial charge on any atom is -0.329 e. The summed E-state index contributed by atoms with van der Waals surface area (Å²) in [5.41, 5.74) is 6.50. The van der Waals surface area contributed by atoms with Gasteiger partial charge in [0.15, 0.2) is 0 Å². The molecule has 0 aromatic rings. The normalized spacial score (nSPS) is 34.1. The van der Waals surface area contributed by atoms with Crippen LogP contribution in [0.25, 0.3) is 0 Å². The molecule has 2 N–H and O–H groups in total. The Hall–Kier alpha value is -0.160. The van der Waals surface area contributed by atoms with E-state index in [2.05, 4.69) is 21.7 Å². The van der Waals surface area contributed by atoms with Crippen molar-refractivity contribution in [3.8, 4) is 0 Å². The second-order valence-corrected chi connectivity index (χ2v) is 6.86. The maximum atomic E-state index is 6.19. The highest BCUT2D eigenvalue weighted by atomic mass is 15.3. The van der Waals surface area contributed by atoms with Gasteiger partial charge in [-0.2, -0.15) is 0 Å². The zero-order chi connectivity index (χ0) is 13.3. The zero-order valence-corrected chi connectivity index (χ0v) is 12.5. The van der Waals surface area contributed by atoms with Crippen LogP contribution in [0.5, 0.6) is 0 Å². The Balaban J connectivity index is 1.61. The van der Waals surface area contributed by atoms with E-state index in [0.717, 1.165) is 12.6 Å². The summed E-state index contributed by atoms with van der Waals surface area (Å²) in [6.45, 7) is 8.45. The molecule has 1 atom stereocenters. The maximum Gasteiger partial charge on any atom is 0.0356 e. The van der Waals surface area contributed by atoms with Crippen LogP contribution in [-0.2, 0) is 0 Å². The third-order valence-corrected chi connectivity index (χ3v) is 5.79. The lowest BCUT2D eigenvalue weighted by atomic mass is 9.86. The molecule has 0 aromatic heterocycles. The molecule has 4 heteroatoms. The molecule has 3 aliphatic heterocycles. The average Bonchev–Trinajstić information content (AvgIpc) is 3.11. The first-order valence-electron chi connectivity index (χ1n) is 8.11. The van der Waals surface area contributed by atoms with Crippen LogP contribution in [0.3, 0.4) is 0 Å². The van der Waals surface area contributed by atoms with Crippen LogP contribution >= 0.6 is 0 Å². The fourth-order valence-corrected chi connectivity index (χ4v) is 4.26. The van der Waals surface area contributed by atoms with Gasteiger partial charge in [0.05, 0.1) is 0 Å². The van der Waals surface area contributed by atoms with Crippen LogP contribution < -0.4 is 5.73 Å². The van der Waals surface area contributed by atoms with Crippen LogP contribution in [0, 0.1) is 0 Å². The van der Waals surface area contributed by atoms with Crippen molar-refractivity contribution in [2.45, 2.75) is 43.7 Å². The fourth-order valence-electron chi connectivity index (χ4n) is 4.26. The predicted octanol–water partition coefficient (Wildman–Crippen LogP) is 0.580. The van der Waals surface area contributed by atoms with E-state index in [-0.39, 0.29) is 0 Å². The van der Waals surface area contributed by atoms with Gasteiger partial charge in [0, 0.05) is 31.2 Å². The molecule has 0 aromatic carbocycles. The molecule has 1 unspecified atom stereocenters. The average molecular weight is 266 g/mol. The van der Waals surface area contributed by atoms with Crippen LogP contribution in [0.1, 0.15) is 32.1 Å². The molecule has 0 aliphatic carbocycles. The molecule has 0 spiro atoms. The smallest absolute Gasteiger partial charge is 0.0356 e. The van der Waals surface area contributed by atoms with E-state index in [0.29, 0.717) is 5.54 Å². The highest BCUT2D eigenvalue weighted by Gasteiger charge is 2.42. The summed E-state index contributed by atoms with van der Waals surface area (Å²) >= 11 is 0. The Morgan fingerprint density at radius 3 is 2.37 bits per heavy atom. The van der Waals surface area contributed by atoms with Crippen LogP contribution in [-0.4, -0.2) is 79.1 Å². The molecule has 3 fully saturated rings. The van der Waals surface area contributed by atoms with Crippen molar-refractivity contribution in [2.24, 2.45) is 5.73 Å². The minimum atomic E-state index is 0.307. The first kappa shape index (κ1) is 13.8. The standard InChI is InChI=1S/C15H30N4/c1-17-10-5-15(13-16,6-11-17)19-9-4-14(12-19)18-7-2-3-8-18/h14H,2-13,16H2,1H3. The summed E-state index contributed by atoms with van der Waals surface area (Å²) in [7, 11) is 2.23. The summed E-state index contributed by atoms with van der Waals surface area (Å²) in [6.07, 6.45) is 6.68. The van der Waals surface area contributed by atoms with Gasteiger partial charge in [-0.1, -0.05) is 0 Å². The summed E-state index contributed by atoms with van der Waals surface area (Å²) in [5, 5.41) is 0. The van der Waals surface area contributed by atoms with Crippen molar-refractivity contribution in [2.75, 3.05) is 52.9 Å². The molecule has 19 heavy (non-hydrogen) atoms. The number of piperidine rings is 1. The molecule has 0 amide bonds. The van der Waals surface area contributed by atoms with Crippen molar-refractivity contribution in [1.29, 1.82) is 0 Å². The fraction of sp³-hybridized carbons (Fsp3) is 1.00. The van der Waals surface area contributed by atoms with Crippen LogP contribution in [0.15, 0.2) is 0 Å². The number of hydrogen-bond donors (Lipinski definition) is 1. The van der Waals surface area contributed by atoms with E-state index >= 15 is 0 Å². The minimum absolute atomic E-state index is 0.307. The highest BCUT2D eigenvalue weighted by Crippen LogP contribution is 2.32. The number of nitrogens with zero attached hydrogens (tertiary/aromatic N) is 3. The van der Waals surface area contributed by atoms with Gasteiger partial charge in [-0.3, -0.25) is 9.80 Å². The first-order valence-corrected chi connectivity index (χ1v) is 8.11. The van der Waals surface area contributed by atoms with Gasteiger partial charge in [0.25, 0.3) is 0 Å². The Bertz CT molecular complexity index is 293. The van der Waals surface area contributed by atoms with E-state index in [1.165, 1.54) is 71.4 Å². The Labute approximate surface area is 117 Å². The number of likely N-dealkylation sites (tertiary alicyclic amines) is 3. The summed E-state index contributed by atoms with van der Waals surface area (Å²) in [4.78, 5) is 7.91. The van der Waals surface area contributed by atoms with Crippen molar-refractivity contribution >= 4 is 0 Å². The van der Waals surface area contributed by atoms with Crippen molar-refractivity contribution < 1.29 is 0 Å². The van der Waals surface area contributed by atoms with Gasteiger partial charge in [-0.25, -0.2) is 0 Å². The largest absolute Gasteiger partial charge is 0.329 e. The van der Waals surface area contributed by atoms with Gasteiger partial charge < -0.3 is 10.6 Å². The summed E-state index contributed by atoms with van der Waals surface area (Å²) in [6, 6.07) is 0.811. The molecule has 4 nitrogen and oxygen atoms in total. The molecule has 3 rings (SSSR count). The topological polar surface area (TPSA) is 35.7 Å². The monoisotopic (exact) mass is 266 g/mol. The second-order valence-electron chi connectivity index (χ2n) is 6.86. The molecule has 3 saturated heterocycles. The molecule has 0 saturated carbocycles. The molecule has 3 heterocycles. The number of rotatable bonds is 3. The lowest BCUT2D eigenvalue weighted by molar-refractivity contribution is 0.0466. The molecular weight excluding hydrogens is 236 g/mol. The Morgan fingerprint density at radius 2 is 1.74 bits per heavy atom.